The summed E-state index contributed by atoms with van der Waals surface area (Å²) in [6.07, 6.45) is 3.33. The van der Waals surface area contributed by atoms with E-state index in [2.05, 4.69) is 9.97 Å². The first-order chi connectivity index (χ1) is 15.2. The van der Waals surface area contributed by atoms with Crippen LogP contribution in [0.15, 0.2) is 47.6 Å². The number of benzene rings is 1. The Balaban J connectivity index is 1.52. The van der Waals surface area contributed by atoms with Crippen LogP contribution in [-0.2, 0) is 19.7 Å². The molecule has 0 unspecified atom stereocenters. The highest BCUT2D eigenvalue weighted by molar-refractivity contribution is 7.96. The number of hydrogen-bond donors (Lipinski definition) is 0. The molecule has 174 valence electrons. The minimum atomic E-state index is -3.83. The third-order valence-electron chi connectivity index (χ3n) is 5.81. The Morgan fingerprint density at radius 1 is 1.00 bits per heavy atom. The van der Waals surface area contributed by atoms with E-state index in [1.807, 2.05) is 23.6 Å². The molecule has 0 amide bonds. The number of nitrogens with zero attached hydrogens (tertiary/aromatic N) is 4. The van der Waals surface area contributed by atoms with Gasteiger partial charge >= 0.3 is 0 Å². The van der Waals surface area contributed by atoms with Crippen LogP contribution in [0.2, 0.25) is 0 Å². The molecule has 2 aliphatic rings. The predicted molar refractivity (Wildman–Crippen MR) is 121 cm³/mol. The second kappa shape index (κ2) is 8.95. The third kappa shape index (κ3) is 4.89. The van der Waals surface area contributed by atoms with Gasteiger partial charge in [-0.3, -0.25) is 4.90 Å². The van der Waals surface area contributed by atoms with E-state index >= 15 is 0 Å². The summed E-state index contributed by atoms with van der Waals surface area (Å²) >= 11 is 0. The summed E-state index contributed by atoms with van der Waals surface area (Å²) < 4.78 is 57.4. The lowest BCUT2D eigenvalue weighted by Crippen LogP contribution is -2.55. The van der Waals surface area contributed by atoms with Crippen LogP contribution in [0.1, 0.15) is 13.8 Å². The van der Waals surface area contributed by atoms with E-state index in [0.717, 1.165) is 0 Å². The Labute approximate surface area is 189 Å². The molecule has 1 aromatic carbocycles. The van der Waals surface area contributed by atoms with Crippen LogP contribution in [0.5, 0.6) is 5.75 Å². The van der Waals surface area contributed by atoms with Gasteiger partial charge in [0.1, 0.15) is 5.75 Å². The zero-order chi connectivity index (χ0) is 22.9. The first-order valence-corrected chi connectivity index (χ1v) is 14.0. The van der Waals surface area contributed by atoms with Crippen LogP contribution >= 0.6 is 0 Å². The second-order valence-corrected chi connectivity index (χ2v) is 12.8. The highest BCUT2D eigenvalue weighted by Gasteiger charge is 2.48. The molecule has 0 radical (unpaired) electrons. The largest absolute Gasteiger partial charge is 0.491 e. The summed E-state index contributed by atoms with van der Waals surface area (Å²) in [7, 11) is -7.29. The van der Waals surface area contributed by atoms with Gasteiger partial charge in [0, 0.05) is 44.6 Å². The molecule has 2 aliphatic heterocycles. The Morgan fingerprint density at radius 3 is 2.22 bits per heavy atom. The number of aromatic nitrogens is 2. The fourth-order valence-corrected chi connectivity index (χ4v) is 9.13. The normalized spacial score (nSPS) is 24.0. The quantitative estimate of drug-likeness (QED) is 0.598. The monoisotopic (exact) mass is 480 g/mol. The summed E-state index contributed by atoms with van der Waals surface area (Å²) in [5.41, 5.74) is 0. The van der Waals surface area contributed by atoms with Crippen LogP contribution in [-0.4, -0.2) is 86.8 Å². The summed E-state index contributed by atoms with van der Waals surface area (Å²) in [6.45, 7) is 6.09. The molecule has 2 fully saturated rings. The molecular formula is C21H28N4O5S2. The number of hydrogen-bond acceptors (Lipinski definition) is 9. The van der Waals surface area contributed by atoms with Gasteiger partial charge in [-0.25, -0.2) is 26.8 Å². The van der Waals surface area contributed by atoms with Crippen molar-refractivity contribution < 1.29 is 21.6 Å². The van der Waals surface area contributed by atoms with Crippen LogP contribution < -0.4 is 9.64 Å². The van der Waals surface area contributed by atoms with E-state index in [1.54, 1.807) is 30.6 Å². The smallest absolute Gasteiger partial charge is 0.225 e. The lowest BCUT2D eigenvalue weighted by Gasteiger charge is -2.39. The zero-order valence-corrected chi connectivity index (χ0v) is 19.8. The maximum Gasteiger partial charge on any atom is 0.225 e. The molecule has 32 heavy (non-hydrogen) atoms. The van der Waals surface area contributed by atoms with Crippen molar-refractivity contribution in [3.8, 4) is 5.75 Å². The lowest BCUT2D eigenvalue weighted by molar-refractivity contribution is 0.201. The molecule has 1 aromatic heterocycles. The fraction of sp³-hybridized carbons (Fsp3) is 0.524. The molecular weight excluding hydrogens is 452 g/mol. The lowest BCUT2D eigenvalue weighted by atomic mass is 10.2. The molecule has 3 heterocycles. The molecule has 0 aliphatic carbocycles. The number of rotatable bonds is 6. The minimum Gasteiger partial charge on any atom is -0.491 e. The molecule has 0 N–H and O–H groups in total. The predicted octanol–water partition coefficient (Wildman–Crippen LogP) is 1.03. The van der Waals surface area contributed by atoms with Gasteiger partial charge in [0.05, 0.1) is 27.8 Å². The van der Waals surface area contributed by atoms with E-state index in [1.165, 1.54) is 12.1 Å². The Kier molecular flexibility index (Phi) is 6.42. The molecule has 9 nitrogen and oxygen atoms in total. The average Bonchev–Trinajstić information content (AvgIpc) is 3.11. The van der Waals surface area contributed by atoms with Gasteiger partial charge in [-0.15, -0.1) is 0 Å². The number of sulfone groups is 2. The number of ether oxygens (including phenoxy) is 1. The molecule has 0 bridgehead atoms. The molecule has 11 heteroatoms. The van der Waals surface area contributed by atoms with Gasteiger partial charge in [0.2, 0.25) is 5.95 Å². The van der Waals surface area contributed by atoms with Gasteiger partial charge in [-0.1, -0.05) is 0 Å². The number of piperazine rings is 1. The Morgan fingerprint density at radius 2 is 1.62 bits per heavy atom. The average molecular weight is 481 g/mol. The van der Waals surface area contributed by atoms with Crippen molar-refractivity contribution in [2.45, 2.75) is 36.1 Å². The SMILES string of the molecule is CC(C)Oc1ccc(S(=O)(=O)[C@H]2CS(=O)(=O)C[C@@H]2N2CCN(c3ncccn3)CC2)cc1. The van der Waals surface area contributed by atoms with Crippen LogP contribution in [0.3, 0.4) is 0 Å². The van der Waals surface area contributed by atoms with E-state index in [9.17, 15) is 16.8 Å². The maximum atomic E-state index is 13.4. The summed E-state index contributed by atoms with van der Waals surface area (Å²) in [5, 5.41) is -0.996. The first kappa shape index (κ1) is 22.9. The maximum absolute atomic E-state index is 13.4. The summed E-state index contributed by atoms with van der Waals surface area (Å²) in [5.74, 6) is 0.701. The highest BCUT2D eigenvalue weighted by atomic mass is 32.2. The molecule has 0 saturated carbocycles. The van der Waals surface area contributed by atoms with Gasteiger partial charge in [0.25, 0.3) is 0 Å². The van der Waals surface area contributed by atoms with Crippen molar-refractivity contribution in [2.24, 2.45) is 0 Å². The summed E-state index contributed by atoms with van der Waals surface area (Å²) in [6, 6.07) is 7.41. The van der Waals surface area contributed by atoms with E-state index in [0.29, 0.717) is 37.9 Å². The molecule has 0 spiro atoms. The van der Waals surface area contributed by atoms with E-state index < -0.39 is 31.0 Å². The van der Waals surface area contributed by atoms with Gasteiger partial charge in [0.15, 0.2) is 19.7 Å². The topological polar surface area (TPSA) is 110 Å². The van der Waals surface area contributed by atoms with E-state index in [4.69, 9.17) is 4.74 Å². The van der Waals surface area contributed by atoms with Crippen molar-refractivity contribution >= 4 is 25.6 Å². The van der Waals surface area contributed by atoms with E-state index in [-0.39, 0.29) is 22.5 Å². The molecule has 2 aromatic rings. The van der Waals surface area contributed by atoms with Crippen LogP contribution in [0.25, 0.3) is 0 Å². The van der Waals surface area contributed by atoms with Crippen molar-refractivity contribution in [2.75, 3.05) is 42.6 Å². The third-order valence-corrected chi connectivity index (χ3v) is 9.95. The van der Waals surface area contributed by atoms with Gasteiger partial charge in [-0.2, -0.15) is 0 Å². The van der Waals surface area contributed by atoms with Gasteiger partial charge in [-0.05, 0) is 44.2 Å². The highest BCUT2D eigenvalue weighted by Crippen LogP contribution is 2.31. The van der Waals surface area contributed by atoms with Crippen molar-refractivity contribution in [3.63, 3.8) is 0 Å². The molecule has 2 atom stereocenters. The van der Waals surface area contributed by atoms with Gasteiger partial charge < -0.3 is 9.64 Å². The fourth-order valence-electron chi connectivity index (χ4n) is 4.30. The van der Waals surface area contributed by atoms with Crippen molar-refractivity contribution in [1.29, 1.82) is 0 Å². The van der Waals surface area contributed by atoms with Crippen LogP contribution in [0, 0.1) is 0 Å². The molecule has 2 saturated heterocycles. The Bertz CT molecular complexity index is 1130. The minimum absolute atomic E-state index is 0.0261. The first-order valence-electron chi connectivity index (χ1n) is 10.6. The number of anilines is 1. The Hall–Kier alpha value is -2.24. The molecule has 4 rings (SSSR count). The second-order valence-electron chi connectivity index (χ2n) is 8.44. The van der Waals surface area contributed by atoms with Crippen molar-refractivity contribution in [3.05, 3.63) is 42.7 Å². The summed E-state index contributed by atoms with van der Waals surface area (Å²) in [4.78, 5) is 12.7. The standard InChI is InChI=1S/C21H28N4O5S2/c1-16(2)30-17-4-6-18(7-5-17)32(28,29)20-15-31(26,27)14-19(20)24-10-12-25(13-11-24)21-22-8-3-9-23-21/h3-9,16,19-20H,10-15H2,1-2H3/t19-,20-/m0/s1. The van der Waals surface area contributed by atoms with Crippen LogP contribution in [0.4, 0.5) is 5.95 Å². The zero-order valence-electron chi connectivity index (χ0n) is 18.2. The van der Waals surface area contributed by atoms with Crippen molar-refractivity contribution in [1.82, 2.24) is 14.9 Å².